The second kappa shape index (κ2) is 6.00. The first-order valence-corrected chi connectivity index (χ1v) is 8.49. The van der Waals surface area contributed by atoms with Crippen LogP contribution in [0.25, 0.3) is 5.57 Å². The highest BCUT2D eigenvalue weighted by Gasteiger charge is 2.34. The summed E-state index contributed by atoms with van der Waals surface area (Å²) in [7, 11) is 0. The summed E-state index contributed by atoms with van der Waals surface area (Å²) in [5.41, 5.74) is 4.10. The minimum Gasteiger partial charge on any atom is -0.378 e. The lowest BCUT2D eigenvalue weighted by atomic mass is 9.78. The van der Waals surface area contributed by atoms with Crippen LogP contribution in [0, 0.1) is 11.8 Å². The number of nitrogens with one attached hydrogen (secondary N) is 1. The highest BCUT2D eigenvalue weighted by molar-refractivity contribution is 5.73. The fraction of sp³-hybridized carbons (Fsp3) is 0.333. The lowest BCUT2D eigenvalue weighted by Crippen LogP contribution is -2.30. The standard InChI is InChI=1S/C21H23N/c1-3-8-16(9-4-1)20-14-17-10-7-11-18(17)15-21(20)22-19-12-5-2-6-13-19/h1-6,8-9,12-14,17-18,21-22H,7,10-11,15H2/t17-,18-,21+/m1/s1. The van der Waals surface area contributed by atoms with Gasteiger partial charge in [0, 0.05) is 5.69 Å². The summed E-state index contributed by atoms with van der Waals surface area (Å²) in [6.45, 7) is 0. The smallest absolute Gasteiger partial charge is 0.0519 e. The van der Waals surface area contributed by atoms with Gasteiger partial charge in [-0.3, -0.25) is 0 Å². The van der Waals surface area contributed by atoms with Crippen LogP contribution in [0.4, 0.5) is 5.69 Å². The van der Waals surface area contributed by atoms with Gasteiger partial charge in [-0.1, -0.05) is 61.0 Å². The maximum absolute atomic E-state index is 3.77. The van der Waals surface area contributed by atoms with Crippen LogP contribution in [0.5, 0.6) is 0 Å². The minimum atomic E-state index is 0.434. The van der Waals surface area contributed by atoms with Crippen LogP contribution in [-0.2, 0) is 0 Å². The van der Waals surface area contributed by atoms with E-state index in [1.165, 1.54) is 42.5 Å². The summed E-state index contributed by atoms with van der Waals surface area (Å²) < 4.78 is 0. The van der Waals surface area contributed by atoms with E-state index in [1.807, 2.05) is 0 Å². The first-order chi connectivity index (χ1) is 10.9. The first kappa shape index (κ1) is 13.6. The Morgan fingerprint density at radius 3 is 2.32 bits per heavy atom. The number of benzene rings is 2. The van der Waals surface area contributed by atoms with Crippen molar-refractivity contribution in [2.75, 3.05) is 5.32 Å². The SMILES string of the molecule is C1=C(c2ccccc2)[C@@H](Nc2ccccc2)C[C@H]2CCC[C@H]12. The highest BCUT2D eigenvalue weighted by Crippen LogP contribution is 2.44. The molecular formula is C21H23N. The Hall–Kier alpha value is -2.02. The van der Waals surface area contributed by atoms with Gasteiger partial charge in [-0.05, 0) is 54.4 Å². The Morgan fingerprint density at radius 2 is 1.55 bits per heavy atom. The third-order valence-electron chi connectivity index (χ3n) is 5.25. The van der Waals surface area contributed by atoms with Crippen molar-refractivity contribution in [3.8, 4) is 0 Å². The van der Waals surface area contributed by atoms with Crippen molar-refractivity contribution >= 4 is 11.3 Å². The topological polar surface area (TPSA) is 12.0 Å². The molecule has 2 aromatic rings. The van der Waals surface area contributed by atoms with Gasteiger partial charge in [0.05, 0.1) is 6.04 Å². The lowest BCUT2D eigenvalue weighted by molar-refractivity contribution is 0.403. The Morgan fingerprint density at radius 1 is 0.818 bits per heavy atom. The lowest BCUT2D eigenvalue weighted by Gasteiger charge is -2.33. The molecule has 1 fully saturated rings. The predicted octanol–water partition coefficient (Wildman–Crippen LogP) is 5.37. The van der Waals surface area contributed by atoms with E-state index in [9.17, 15) is 0 Å². The number of anilines is 1. The van der Waals surface area contributed by atoms with E-state index in [0.717, 1.165) is 11.8 Å². The largest absolute Gasteiger partial charge is 0.378 e. The zero-order chi connectivity index (χ0) is 14.8. The Balaban J connectivity index is 1.66. The van der Waals surface area contributed by atoms with E-state index in [4.69, 9.17) is 0 Å². The maximum atomic E-state index is 3.77. The average Bonchev–Trinajstić information content (AvgIpc) is 3.03. The number of hydrogen-bond donors (Lipinski definition) is 1. The average molecular weight is 289 g/mol. The molecule has 0 bridgehead atoms. The molecule has 0 aromatic heterocycles. The van der Waals surface area contributed by atoms with Gasteiger partial charge < -0.3 is 5.32 Å². The third kappa shape index (κ3) is 2.68. The van der Waals surface area contributed by atoms with Gasteiger partial charge in [0.15, 0.2) is 0 Å². The molecular weight excluding hydrogens is 266 g/mol. The second-order valence-corrected chi connectivity index (χ2v) is 6.64. The summed E-state index contributed by atoms with van der Waals surface area (Å²) in [6.07, 6.45) is 8.00. The molecule has 22 heavy (non-hydrogen) atoms. The fourth-order valence-corrected chi connectivity index (χ4v) is 4.15. The zero-order valence-electron chi connectivity index (χ0n) is 12.9. The van der Waals surface area contributed by atoms with Crippen LogP contribution in [0.15, 0.2) is 66.7 Å². The van der Waals surface area contributed by atoms with E-state index in [1.54, 1.807) is 0 Å². The summed E-state index contributed by atoms with van der Waals surface area (Å²) >= 11 is 0. The molecule has 3 atom stereocenters. The highest BCUT2D eigenvalue weighted by atomic mass is 14.9. The van der Waals surface area contributed by atoms with Crippen molar-refractivity contribution in [1.29, 1.82) is 0 Å². The van der Waals surface area contributed by atoms with Crippen molar-refractivity contribution in [3.05, 3.63) is 72.3 Å². The van der Waals surface area contributed by atoms with Gasteiger partial charge in [0.1, 0.15) is 0 Å². The van der Waals surface area contributed by atoms with Crippen molar-refractivity contribution in [2.24, 2.45) is 11.8 Å². The molecule has 1 heteroatoms. The first-order valence-electron chi connectivity index (χ1n) is 8.49. The zero-order valence-corrected chi connectivity index (χ0v) is 12.9. The number of fused-ring (bicyclic) bond motifs is 1. The molecule has 0 radical (unpaired) electrons. The van der Waals surface area contributed by atoms with E-state index in [-0.39, 0.29) is 0 Å². The molecule has 0 amide bonds. The van der Waals surface area contributed by atoms with Gasteiger partial charge in [0.25, 0.3) is 0 Å². The molecule has 1 N–H and O–H groups in total. The Kier molecular flexibility index (Phi) is 3.72. The molecule has 0 spiro atoms. The molecule has 1 nitrogen and oxygen atoms in total. The summed E-state index contributed by atoms with van der Waals surface area (Å²) in [6, 6.07) is 22.0. The monoisotopic (exact) mass is 289 g/mol. The second-order valence-electron chi connectivity index (χ2n) is 6.64. The molecule has 0 heterocycles. The Labute approximate surface area is 133 Å². The number of hydrogen-bond acceptors (Lipinski definition) is 1. The van der Waals surface area contributed by atoms with Crippen molar-refractivity contribution < 1.29 is 0 Å². The van der Waals surface area contributed by atoms with Crippen molar-refractivity contribution in [1.82, 2.24) is 0 Å². The summed E-state index contributed by atoms with van der Waals surface area (Å²) in [4.78, 5) is 0. The fourth-order valence-electron chi connectivity index (χ4n) is 4.15. The number of rotatable bonds is 3. The summed E-state index contributed by atoms with van der Waals surface area (Å²) in [5.74, 6) is 1.66. The van der Waals surface area contributed by atoms with Crippen LogP contribution < -0.4 is 5.32 Å². The Bertz CT molecular complexity index is 644. The normalized spacial score (nSPS) is 27.1. The molecule has 2 aliphatic rings. The molecule has 2 aromatic carbocycles. The van der Waals surface area contributed by atoms with E-state index < -0.39 is 0 Å². The van der Waals surface area contributed by atoms with E-state index in [0.29, 0.717) is 6.04 Å². The third-order valence-corrected chi connectivity index (χ3v) is 5.25. The predicted molar refractivity (Wildman–Crippen MR) is 93.7 cm³/mol. The quantitative estimate of drug-likeness (QED) is 0.801. The van der Waals surface area contributed by atoms with Gasteiger partial charge in [-0.15, -0.1) is 0 Å². The number of allylic oxidation sites excluding steroid dienone is 1. The van der Waals surface area contributed by atoms with Crippen LogP contribution in [0.1, 0.15) is 31.2 Å². The van der Waals surface area contributed by atoms with Crippen LogP contribution in [0.3, 0.4) is 0 Å². The molecule has 0 aliphatic heterocycles. The van der Waals surface area contributed by atoms with Gasteiger partial charge in [0.2, 0.25) is 0 Å². The summed E-state index contributed by atoms with van der Waals surface area (Å²) in [5, 5.41) is 3.77. The molecule has 0 unspecified atom stereocenters. The van der Waals surface area contributed by atoms with Gasteiger partial charge >= 0.3 is 0 Å². The molecule has 1 saturated carbocycles. The number of para-hydroxylation sites is 1. The van der Waals surface area contributed by atoms with Crippen molar-refractivity contribution in [2.45, 2.75) is 31.7 Å². The minimum absolute atomic E-state index is 0.434. The molecule has 0 saturated heterocycles. The van der Waals surface area contributed by atoms with Crippen LogP contribution >= 0.6 is 0 Å². The van der Waals surface area contributed by atoms with Crippen molar-refractivity contribution in [3.63, 3.8) is 0 Å². The maximum Gasteiger partial charge on any atom is 0.0519 e. The van der Waals surface area contributed by atoms with Crippen LogP contribution in [-0.4, -0.2) is 6.04 Å². The van der Waals surface area contributed by atoms with E-state index >= 15 is 0 Å². The molecule has 112 valence electrons. The molecule has 2 aliphatic carbocycles. The van der Waals surface area contributed by atoms with Crippen LogP contribution in [0.2, 0.25) is 0 Å². The van der Waals surface area contributed by atoms with Gasteiger partial charge in [-0.2, -0.15) is 0 Å². The van der Waals surface area contributed by atoms with E-state index in [2.05, 4.69) is 72.1 Å². The molecule has 4 rings (SSSR count). The van der Waals surface area contributed by atoms with Gasteiger partial charge in [-0.25, -0.2) is 0 Å².